The third-order valence-electron chi connectivity index (χ3n) is 2.08. The zero-order valence-corrected chi connectivity index (χ0v) is 9.54. The summed E-state index contributed by atoms with van der Waals surface area (Å²) in [7, 11) is 0. The van der Waals surface area contributed by atoms with Gasteiger partial charge in [-0.15, -0.1) is 17.3 Å². The summed E-state index contributed by atoms with van der Waals surface area (Å²) < 4.78 is 0. The van der Waals surface area contributed by atoms with Crippen molar-refractivity contribution < 1.29 is 4.79 Å². The molecule has 0 radical (unpaired) electrons. The number of aldehydes is 1. The number of hydrogen-bond acceptors (Lipinski definition) is 3. The summed E-state index contributed by atoms with van der Waals surface area (Å²) in [5.41, 5.74) is 2.89. The van der Waals surface area contributed by atoms with Crippen LogP contribution in [0.1, 0.15) is 22.2 Å². The Morgan fingerprint density at radius 1 is 1.31 bits per heavy atom. The molecule has 2 aromatic rings. The number of aromatic nitrogens is 1. The first-order valence-corrected chi connectivity index (χ1v) is 5.63. The van der Waals surface area contributed by atoms with Gasteiger partial charge in [-0.05, 0) is 30.0 Å². The average Bonchev–Trinajstić information content (AvgIpc) is 2.78. The van der Waals surface area contributed by atoms with Gasteiger partial charge in [-0.25, -0.2) is 0 Å². The predicted molar refractivity (Wildman–Crippen MR) is 65.5 cm³/mol. The molecule has 0 saturated heterocycles. The molecule has 2 aromatic heterocycles. The van der Waals surface area contributed by atoms with Crippen molar-refractivity contribution in [3.63, 3.8) is 0 Å². The van der Waals surface area contributed by atoms with E-state index in [9.17, 15) is 4.79 Å². The van der Waals surface area contributed by atoms with E-state index >= 15 is 0 Å². The van der Waals surface area contributed by atoms with Crippen molar-refractivity contribution in [2.24, 2.45) is 0 Å². The van der Waals surface area contributed by atoms with Crippen molar-refractivity contribution in [2.45, 2.75) is 6.92 Å². The molecule has 78 valence electrons. The first kappa shape index (κ1) is 10.6. The highest BCUT2D eigenvalue weighted by molar-refractivity contribution is 7.12. The lowest BCUT2D eigenvalue weighted by Crippen LogP contribution is -1.81. The number of nitrogens with zero attached hydrogens (tertiary/aromatic N) is 1. The Balaban J connectivity index is 2.42. The molecule has 2 heterocycles. The second-order valence-corrected chi connectivity index (χ2v) is 4.14. The molecule has 0 N–H and O–H groups in total. The summed E-state index contributed by atoms with van der Waals surface area (Å²) in [6.45, 7) is 1.79. The lowest BCUT2D eigenvalue weighted by molar-refractivity contribution is 0.112. The SMILES string of the molecule is CC#Cc1cncc(-c2csc(C=O)c2)c1. The van der Waals surface area contributed by atoms with Crippen LogP contribution < -0.4 is 0 Å². The van der Waals surface area contributed by atoms with Crippen molar-refractivity contribution in [1.82, 2.24) is 4.98 Å². The largest absolute Gasteiger partial charge is 0.297 e. The summed E-state index contributed by atoms with van der Waals surface area (Å²) in [6, 6.07) is 3.83. The highest BCUT2D eigenvalue weighted by atomic mass is 32.1. The summed E-state index contributed by atoms with van der Waals surface area (Å²) in [4.78, 5) is 15.4. The Bertz CT molecular complexity index is 575. The molecule has 0 bridgehead atoms. The second kappa shape index (κ2) is 4.73. The number of thiophene rings is 1. The Hall–Kier alpha value is -1.92. The maximum atomic E-state index is 10.6. The molecule has 3 heteroatoms. The molecule has 0 spiro atoms. The molecule has 0 amide bonds. The predicted octanol–water partition coefficient (Wildman–Crippen LogP) is 2.99. The van der Waals surface area contributed by atoms with Crippen LogP contribution in [0.4, 0.5) is 0 Å². The van der Waals surface area contributed by atoms with Crippen molar-refractivity contribution in [3.8, 4) is 23.0 Å². The fourth-order valence-electron chi connectivity index (χ4n) is 1.38. The number of rotatable bonds is 2. The number of pyridine rings is 1. The van der Waals surface area contributed by atoms with Gasteiger partial charge in [0.15, 0.2) is 6.29 Å². The minimum atomic E-state index is 0.724. The molecule has 16 heavy (non-hydrogen) atoms. The number of carbonyl (C=O) groups excluding carboxylic acids is 1. The lowest BCUT2D eigenvalue weighted by Gasteiger charge is -1.97. The van der Waals surface area contributed by atoms with Gasteiger partial charge in [0, 0.05) is 23.5 Å². The Labute approximate surface area is 98.0 Å². The molecular formula is C13H9NOS. The van der Waals surface area contributed by atoms with Gasteiger partial charge in [-0.2, -0.15) is 0 Å². The summed E-state index contributed by atoms with van der Waals surface area (Å²) in [5, 5.41) is 1.95. The van der Waals surface area contributed by atoms with Crippen molar-refractivity contribution in [1.29, 1.82) is 0 Å². The quantitative estimate of drug-likeness (QED) is 0.583. The van der Waals surface area contributed by atoms with Crippen LogP contribution in [0.5, 0.6) is 0 Å². The molecular weight excluding hydrogens is 218 g/mol. The van der Waals surface area contributed by atoms with Crippen LogP contribution >= 0.6 is 11.3 Å². The fourth-order valence-corrected chi connectivity index (χ4v) is 2.09. The van der Waals surface area contributed by atoms with Gasteiger partial charge in [-0.3, -0.25) is 9.78 Å². The van der Waals surface area contributed by atoms with Crippen molar-refractivity contribution in [2.75, 3.05) is 0 Å². The number of hydrogen-bond donors (Lipinski definition) is 0. The molecule has 2 rings (SSSR count). The molecule has 2 nitrogen and oxygen atoms in total. The van der Waals surface area contributed by atoms with E-state index < -0.39 is 0 Å². The van der Waals surface area contributed by atoms with Crippen LogP contribution in [0, 0.1) is 11.8 Å². The second-order valence-electron chi connectivity index (χ2n) is 3.19. The van der Waals surface area contributed by atoms with E-state index in [1.54, 1.807) is 19.3 Å². The summed E-state index contributed by atoms with van der Waals surface area (Å²) in [6.07, 6.45) is 4.36. The summed E-state index contributed by atoms with van der Waals surface area (Å²) in [5.74, 6) is 5.80. The minimum absolute atomic E-state index is 0.724. The number of carbonyl (C=O) groups is 1. The van der Waals surface area contributed by atoms with E-state index in [1.165, 1.54) is 11.3 Å². The Morgan fingerprint density at radius 2 is 2.19 bits per heavy atom. The standard InChI is InChI=1S/C13H9NOS/c1-2-3-10-4-11(7-14-6-10)12-5-13(8-15)16-9-12/h4-9H,1H3. The van der Waals surface area contributed by atoms with E-state index in [4.69, 9.17) is 0 Å². The van der Waals surface area contributed by atoms with Crippen LogP contribution in [0.3, 0.4) is 0 Å². The smallest absolute Gasteiger partial charge is 0.160 e. The third-order valence-corrected chi connectivity index (χ3v) is 2.93. The lowest BCUT2D eigenvalue weighted by atomic mass is 10.1. The molecule has 0 fully saturated rings. The zero-order chi connectivity index (χ0) is 11.4. The first-order valence-electron chi connectivity index (χ1n) is 4.75. The highest BCUT2D eigenvalue weighted by Crippen LogP contribution is 2.24. The van der Waals surface area contributed by atoms with Crippen LogP contribution in [0.25, 0.3) is 11.1 Å². The molecule has 0 atom stereocenters. The van der Waals surface area contributed by atoms with Gasteiger partial charge in [-0.1, -0.05) is 5.92 Å². The third kappa shape index (κ3) is 2.18. The highest BCUT2D eigenvalue weighted by Gasteiger charge is 2.02. The maximum Gasteiger partial charge on any atom is 0.160 e. The fraction of sp³-hybridized carbons (Fsp3) is 0.0769. The van der Waals surface area contributed by atoms with Crippen LogP contribution in [0.15, 0.2) is 29.9 Å². The molecule has 0 aliphatic rings. The van der Waals surface area contributed by atoms with Gasteiger partial charge >= 0.3 is 0 Å². The van der Waals surface area contributed by atoms with Crippen LogP contribution in [-0.2, 0) is 0 Å². The van der Waals surface area contributed by atoms with E-state index in [2.05, 4.69) is 16.8 Å². The molecule has 0 aliphatic heterocycles. The molecule has 0 aromatic carbocycles. The maximum absolute atomic E-state index is 10.6. The van der Waals surface area contributed by atoms with E-state index in [-0.39, 0.29) is 0 Å². The van der Waals surface area contributed by atoms with Gasteiger partial charge in [0.05, 0.1) is 4.88 Å². The molecule has 0 unspecified atom stereocenters. The van der Waals surface area contributed by atoms with Gasteiger partial charge in [0.2, 0.25) is 0 Å². The van der Waals surface area contributed by atoms with Crippen LogP contribution in [-0.4, -0.2) is 11.3 Å². The van der Waals surface area contributed by atoms with Crippen LogP contribution in [0.2, 0.25) is 0 Å². The monoisotopic (exact) mass is 227 g/mol. The first-order chi connectivity index (χ1) is 7.83. The summed E-state index contributed by atoms with van der Waals surface area (Å²) >= 11 is 1.43. The van der Waals surface area contributed by atoms with Gasteiger partial charge < -0.3 is 0 Å². The molecule has 0 aliphatic carbocycles. The normalized spacial score (nSPS) is 9.31. The topological polar surface area (TPSA) is 30.0 Å². The zero-order valence-electron chi connectivity index (χ0n) is 8.73. The van der Waals surface area contributed by atoms with E-state index in [0.717, 1.165) is 27.9 Å². The van der Waals surface area contributed by atoms with E-state index in [1.807, 2.05) is 17.5 Å². The van der Waals surface area contributed by atoms with Crippen molar-refractivity contribution in [3.05, 3.63) is 40.3 Å². The van der Waals surface area contributed by atoms with E-state index in [0.29, 0.717) is 0 Å². The van der Waals surface area contributed by atoms with Crippen molar-refractivity contribution >= 4 is 17.6 Å². The Morgan fingerprint density at radius 3 is 2.88 bits per heavy atom. The minimum Gasteiger partial charge on any atom is -0.297 e. The van der Waals surface area contributed by atoms with Gasteiger partial charge in [0.1, 0.15) is 0 Å². The Kier molecular flexibility index (Phi) is 3.13. The average molecular weight is 227 g/mol. The molecule has 0 saturated carbocycles. The van der Waals surface area contributed by atoms with Gasteiger partial charge in [0.25, 0.3) is 0 Å².